The van der Waals surface area contributed by atoms with Crippen LogP contribution in [0.4, 0.5) is 0 Å². The number of ether oxygens (including phenoxy) is 1. The fraction of sp³-hybridized carbons (Fsp3) is 0.952. The second kappa shape index (κ2) is 37.7. The van der Waals surface area contributed by atoms with Crippen LogP contribution in [-0.2, 0) is 14.3 Å². The molecule has 1 aliphatic heterocycles. The number of Topliss-reactive ketones (excluding diaryl/α,β-unsaturated/α-hetero) is 1. The number of rotatable bonds is 30. The van der Waals surface area contributed by atoms with Crippen molar-refractivity contribution in [2.75, 3.05) is 29.6 Å². The van der Waals surface area contributed by atoms with Crippen LogP contribution in [0.2, 0.25) is 8.87 Å². The minimum atomic E-state index is -2.82. The maximum absolute atomic E-state index is 13.0. The van der Waals surface area contributed by atoms with Crippen molar-refractivity contribution in [2.24, 2.45) is 0 Å². The van der Waals surface area contributed by atoms with Crippen molar-refractivity contribution in [3.05, 3.63) is 0 Å². The van der Waals surface area contributed by atoms with Crippen molar-refractivity contribution in [1.29, 1.82) is 0 Å². The Bertz CT molecular complexity index is 841. The topological polar surface area (TPSA) is 43.4 Å². The monoisotopic (exact) mass is 1040 g/mol. The first-order valence-electron chi connectivity index (χ1n) is 22.4. The molecular formula is C42H84O3S5Sn2. The zero-order valence-corrected chi connectivity index (χ0v) is 44.5. The van der Waals surface area contributed by atoms with Gasteiger partial charge in [-0.05, 0) is 0 Å². The summed E-state index contributed by atoms with van der Waals surface area (Å²) in [5, 5.41) is 0. The van der Waals surface area contributed by atoms with Gasteiger partial charge in [0.15, 0.2) is 0 Å². The van der Waals surface area contributed by atoms with Crippen molar-refractivity contribution in [3.63, 3.8) is 0 Å². The predicted octanol–water partition coefficient (Wildman–Crippen LogP) is 16.0. The quantitative estimate of drug-likeness (QED) is 0.0401. The Labute approximate surface area is 345 Å². The molecule has 0 aliphatic carbocycles. The molecule has 2 atom stereocenters. The molecule has 0 aromatic heterocycles. The molecule has 52 heavy (non-hydrogen) atoms. The average molecular weight is 1030 g/mol. The molecule has 10 heteroatoms. The molecule has 1 aliphatic rings. The number of ketones is 1. The zero-order chi connectivity index (χ0) is 37.9. The van der Waals surface area contributed by atoms with Gasteiger partial charge in [0.1, 0.15) is 0 Å². The molecule has 0 N–H and O–H groups in total. The summed E-state index contributed by atoms with van der Waals surface area (Å²) in [6, 6.07) is 0. The van der Waals surface area contributed by atoms with E-state index < -0.39 is 28.5 Å². The first-order chi connectivity index (χ1) is 25.4. The molecule has 1 rings (SSSR count). The molecule has 3 nitrogen and oxygen atoms in total. The summed E-state index contributed by atoms with van der Waals surface area (Å²) in [6.07, 6.45) is 39.4. The summed E-state index contributed by atoms with van der Waals surface area (Å²) < 4.78 is 8.72. The Kier molecular flexibility index (Phi) is 38.1. The van der Waals surface area contributed by atoms with Crippen LogP contribution in [0.1, 0.15) is 214 Å². The SMILES string of the molecule is CCCCCCCCCCCC[S][Sn]1([CH2]CCC)[S]CCOC(=O)CCCCC(=O)CC[S][Sn]([CH2]CCC)([S]CCCCCCCCCCCC)[S]1. The van der Waals surface area contributed by atoms with Crippen molar-refractivity contribution >= 4 is 82.1 Å². The van der Waals surface area contributed by atoms with E-state index in [9.17, 15) is 9.59 Å². The number of carbonyl (C=O) groups excluding carboxylic acids is 2. The first-order valence-corrected chi connectivity index (χ1v) is 52.1. The van der Waals surface area contributed by atoms with E-state index in [-0.39, 0.29) is 5.97 Å². The molecule has 0 saturated carbocycles. The average Bonchev–Trinajstić information content (AvgIpc) is 3.14. The Balaban J connectivity index is 3.05. The van der Waals surface area contributed by atoms with Gasteiger partial charge in [-0.25, -0.2) is 0 Å². The van der Waals surface area contributed by atoms with E-state index >= 15 is 0 Å². The van der Waals surface area contributed by atoms with Gasteiger partial charge in [0.25, 0.3) is 0 Å². The van der Waals surface area contributed by atoms with Gasteiger partial charge in [-0.2, -0.15) is 0 Å². The third-order valence-corrected chi connectivity index (χ3v) is 155. The molecule has 0 amide bonds. The van der Waals surface area contributed by atoms with Crippen molar-refractivity contribution in [2.45, 2.75) is 223 Å². The van der Waals surface area contributed by atoms with Crippen LogP contribution >= 0.6 is 41.9 Å². The number of hydrogen-bond donors (Lipinski definition) is 0. The summed E-state index contributed by atoms with van der Waals surface area (Å²) in [7, 11) is 9.70. The van der Waals surface area contributed by atoms with Gasteiger partial charge in [-0.1, -0.05) is 13.8 Å². The normalized spacial score (nSPS) is 21.4. The molecule has 2 unspecified atom stereocenters. The van der Waals surface area contributed by atoms with Crippen LogP contribution in [0.3, 0.4) is 0 Å². The molecule has 0 aromatic rings. The van der Waals surface area contributed by atoms with Crippen LogP contribution < -0.4 is 0 Å². The summed E-state index contributed by atoms with van der Waals surface area (Å²) in [6.45, 7) is 9.95. The number of unbranched alkanes of at least 4 members (excludes halogenated alkanes) is 20. The number of esters is 1. The van der Waals surface area contributed by atoms with E-state index in [1.807, 2.05) is 0 Å². The van der Waals surface area contributed by atoms with Gasteiger partial charge >= 0.3 is 335 Å². The van der Waals surface area contributed by atoms with E-state index in [0.717, 1.165) is 30.8 Å². The summed E-state index contributed by atoms with van der Waals surface area (Å²) >= 11 is -5.64. The van der Waals surface area contributed by atoms with E-state index in [2.05, 4.69) is 69.6 Å². The fourth-order valence-corrected chi connectivity index (χ4v) is 256. The molecular weight excluding hydrogens is 950 g/mol. The Hall–Kier alpha value is 2.49. The molecule has 308 valence electrons. The van der Waals surface area contributed by atoms with Gasteiger partial charge in [0, 0.05) is 0 Å². The van der Waals surface area contributed by atoms with Crippen LogP contribution in [0.15, 0.2) is 0 Å². The Morgan fingerprint density at radius 2 is 0.904 bits per heavy atom. The fourth-order valence-electron chi connectivity index (χ4n) is 6.71. The second-order valence-corrected chi connectivity index (χ2v) is 90.6. The summed E-state index contributed by atoms with van der Waals surface area (Å²) in [4.78, 5) is 25.6. The van der Waals surface area contributed by atoms with E-state index in [1.54, 1.807) is 0 Å². The third kappa shape index (κ3) is 29.7. The van der Waals surface area contributed by atoms with E-state index in [4.69, 9.17) is 4.74 Å². The van der Waals surface area contributed by atoms with E-state index in [1.165, 1.54) is 174 Å². The van der Waals surface area contributed by atoms with Crippen LogP contribution in [-0.4, -0.2) is 69.8 Å². The maximum atomic E-state index is 13.0. The third-order valence-electron chi connectivity index (χ3n) is 10.1. The van der Waals surface area contributed by atoms with Gasteiger partial charge < -0.3 is 0 Å². The molecule has 0 aromatic carbocycles. The van der Waals surface area contributed by atoms with Crippen molar-refractivity contribution in [1.82, 2.24) is 0 Å². The number of cyclic esters (lactones) is 1. The molecule has 0 bridgehead atoms. The van der Waals surface area contributed by atoms with Gasteiger partial charge in [-0.15, -0.1) is 0 Å². The van der Waals surface area contributed by atoms with Crippen molar-refractivity contribution in [3.8, 4) is 0 Å². The molecule has 0 radical (unpaired) electrons. The molecule has 0 spiro atoms. The Morgan fingerprint density at radius 1 is 0.500 bits per heavy atom. The first kappa shape index (κ1) is 52.5. The second-order valence-electron chi connectivity index (χ2n) is 15.1. The molecule has 1 saturated heterocycles. The van der Waals surface area contributed by atoms with Gasteiger partial charge in [0.2, 0.25) is 0 Å². The standard InChI is InChI=1S/2C12H26S.C10H18O3S2.2C4H9.S.2Sn/c2*1-2-3-4-5-6-7-8-9-10-11-12-13;11-9(5-7-14)3-1-2-4-10(12)13-6-8-15;2*1-3-4-2;;;/h2*13H,2-12H2,1H3;14-15H,1-8H2;2*1,3-4H2,2H3;;;/q;;;;;;2*+2/p-4. The van der Waals surface area contributed by atoms with E-state index in [0.29, 0.717) is 25.2 Å². The number of carbonyl (C=O) groups is 2. The number of hydrogen-bond acceptors (Lipinski definition) is 8. The van der Waals surface area contributed by atoms with Gasteiger partial charge in [0.05, 0.1) is 0 Å². The van der Waals surface area contributed by atoms with Gasteiger partial charge in [-0.3, -0.25) is 0 Å². The summed E-state index contributed by atoms with van der Waals surface area (Å²) in [5.74, 6) is 5.06. The zero-order valence-electron chi connectivity index (χ0n) is 34.7. The van der Waals surface area contributed by atoms with Crippen LogP contribution in [0, 0.1) is 0 Å². The summed E-state index contributed by atoms with van der Waals surface area (Å²) in [5.41, 5.74) is 0. The molecule has 1 heterocycles. The predicted molar refractivity (Wildman–Crippen MR) is 251 cm³/mol. The minimum absolute atomic E-state index is 0.0563. The Morgan fingerprint density at radius 3 is 1.37 bits per heavy atom. The van der Waals surface area contributed by atoms with Crippen LogP contribution in [0.5, 0.6) is 0 Å². The van der Waals surface area contributed by atoms with Crippen molar-refractivity contribution < 1.29 is 14.3 Å². The van der Waals surface area contributed by atoms with Crippen LogP contribution in [0.25, 0.3) is 0 Å². The molecule has 1 fully saturated rings.